The molecule has 0 amide bonds. The molecule has 0 fully saturated rings. The molecule has 0 bridgehead atoms. The molecule has 0 aromatic carbocycles. The van der Waals surface area contributed by atoms with Crippen molar-refractivity contribution in [3.05, 3.63) is 12.8 Å². The van der Waals surface area contributed by atoms with E-state index in [0.717, 1.165) is 19.1 Å². The Morgan fingerprint density at radius 1 is 1.50 bits per heavy atom. The van der Waals surface area contributed by atoms with E-state index in [4.69, 9.17) is 0 Å². The lowest BCUT2D eigenvalue weighted by Crippen LogP contribution is -2.08. The Hall–Kier alpha value is -1.12. The van der Waals surface area contributed by atoms with E-state index >= 15 is 0 Å². The van der Waals surface area contributed by atoms with Gasteiger partial charge in [-0.15, -0.1) is 0 Å². The lowest BCUT2D eigenvalue weighted by Gasteiger charge is -1.97. The lowest BCUT2D eigenvalue weighted by atomic mass is 10.1. The first-order valence-corrected chi connectivity index (χ1v) is 4.02. The molecule has 0 aromatic heterocycles. The molecule has 0 aliphatic heterocycles. The van der Waals surface area contributed by atoms with Gasteiger partial charge in [0.25, 0.3) is 0 Å². The molecular weight excluding hydrogens is 156 g/mol. The molecule has 68 valence electrons. The van der Waals surface area contributed by atoms with Crippen LogP contribution in [-0.2, 0) is 14.3 Å². The molecule has 0 radical (unpaired) electrons. The summed E-state index contributed by atoms with van der Waals surface area (Å²) in [5.41, 5.74) is 0. The van der Waals surface area contributed by atoms with E-state index in [1.807, 2.05) is 6.92 Å². The van der Waals surface area contributed by atoms with E-state index in [1.54, 1.807) is 0 Å². The molecule has 12 heavy (non-hydrogen) atoms. The summed E-state index contributed by atoms with van der Waals surface area (Å²) in [6.07, 6.45) is 3.16. The van der Waals surface area contributed by atoms with Gasteiger partial charge in [-0.25, -0.2) is 0 Å². The van der Waals surface area contributed by atoms with Gasteiger partial charge < -0.3 is 4.74 Å². The topological polar surface area (TPSA) is 43.4 Å². The fourth-order valence-corrected chi connectivity index (χ4v) is 0.758. The van der Waals surface area contributed by atoms with Crippen LogP contribution < -0.4 is 0 Å². The second-order valence-corrected chi connectivity index (χ2v) is 2.48. The Bertz CT molecular complexity index is 173. The van der Waals surface area contributed by atoms with Gasteiger partial charge in [0.2, 0.25) is 0 Å². The van der Waals surface area contributed by atoms with Crippen LogP contribution in [0.5, 0.6) is 0 Å². The van der Waals surface area contributed by atoms with Crippen molar-refractivity contribution in [2.24, 2.45) is 0 Å². The lowest BCUT2D eigenvalue weighted by molar-refractivity contribution is -0.141. The van der Waals surface area contributed by atoms with Gasteiger partial charge >= 0.3 is 5.97 Å². The summed E-state index contributed by atoms with van der Waals surface area (Å²) in [7, 11) is 0. The van der Waals surface area contributed by atoms with Crippen LogP contribution in [0.2, 0.25) is 0 Å². The SMILES string of the molecule is C=COC(=O)CC(=O)CCCC. The Labute approximate surface area is 72.4 Å². The Kier molecular flexibility index (Phi) is 5.97. The van der Waals surface area contributed by atoms with Gasteiger partial charge in [0, 0.05) is 6.42 Å². The second-order valence-electron chi connectivity index (χ2n) is 2.48. The highest BCUT2D eigenvalue weighted by atomic mass is 16.5. The molecule has 0 heterocycles. The maximum atomic E-state index is 11.0. The third-order valence-corrected chi connectivity index (χ3v) is 1.37. The molecule has 0 N–H and O–H groups in total. The van der Waals surface area contributed by atoms with Crippen LogP contribution in [0.3, 0.4) is 0 Å². The van der Waals surface area contributed by atoms with Crippen molar-refractivity contribution >= 4 is 11.8 Å². The first-order valence-electron chi connectivity index (χ1n) is 4.02. The largest absolute Gasteiger partial charge is 0.435 e. The summed E-state index contributed by atoms with van der Waals surface area (Å²) in [4.78, 5) is 21.7. The van der Waals surface area contributed by atoms with Crippen molar-refractivity contribution in [3.63, 3.8) is 0 Å². The zero-order valence-corrected chi connectivity index (χ0v) is 7.34. The maximum Gasteiger partial charge on any atom is 0.318 e. The first kappa shape index (κ1) is 10.9. The molecular formula is C9H14O3. The number of hydrogen-bond acceptors (Lipinski definition) is 3. The predicted molar refractivity (Wildman–Crippen MR) is 45.4 cm³/mol. The van der Waals surface area contributed by atoms with Crippen molar-refractivity contribution in [1.29, 1.82) is 0 Å². The molecule has 0 spiro atoms. The summed E-state index contributed by atoms with van der Waals surface area (Å²) in [6, 6.07) is 0. The second kappa shape index (κ2) is 6.58. The Morgan fingerprint density at radius 3 is 2.67 bits per heavy atom. The van der Waals surface area contributed by atoms with Crippen molar-refractivity contribution < 1.29 is 14.3 Å². The Balaban J connectivity index is 3.54. The number of esters is 1. The molecule has 3 nitrogen and oxygen atoms in total. The van der Waals surface area contributed by atoms with E-state index in [0.29, 0.717) is 6.42 Å². The third kappa shape index (κ3) is 5.65. The maximum absolute atomic E-state index is 11.0. The minimum Gasteiger partial charge on any atom is -0.435 e. The number of carbonyl (C=O) groups is 2. The van der Waals surface area contributed by atoms with E-state index < -0.39 is 5.97 Å². The van der Waals surface area contributed by atoms with Crippen LogP contribution in [0.1, 0.15) is 32.6 Å². The van der Waals surface area contributed by atoms with Crippen molar-refractivity contribution in [3.8, 4) is 0 Å². The van der Waals surface area contributed by atoms with Crippen LogP contribution in [0.15, 0.2) is 12.8 Å². The quantitative estimate of drug-likeness (QED) is 0.347. The standard InChI is InChI=1S/C9H14O3/c1-3-5-6-8(10)7-9(11)12-4-2/h4H,2-3,5-7H2,1H3. The number of unbranched alkanes of at least 4 members (excludes halogenated alkanes) is 1. The molecule has 0 atom stereocenters. The van der Waals surface area contributed by atoms with Crippen molar-refractivity contribution in [1.82, 2.24) is 0 Å². The summed E-state index contributed by atoms with van der Waals surface area (Å²) in [5.74, 6) is -0.588. The van der Waals surface area contributed by atoms with Gasteiger partial charge in [-0.05, 0) is 6.42 Å². The fourth-order valence-electron chi connectivity index (χ4n) is 0.758. The fraction of sp³-hybridized carbons (Fsp3) is 0.556. The van der Waals surface area contributed by atoms with E-state index in [2.05, 4.69) is 11.3 Å². The zero-order chi connectivity index (χ0) is 9.40. The number of ketones is 1. The van der Waals surface area contributed by atoms with Crippen LogP contribution in [0, 0.1) is 0 Å². The number of Topliss-reactive ketones (excluding diaryl/α,β-unsaturated/α-hetero) is 1. The third-order valence-electron chi connectivity index (χ3n) is 1.37. The van der Waals surface area contributed by atoms with Crippen LogP contribution in [0.25, 0.3) is 0 Å². The number of ether oxygens (including phenoxy) is 1. The molecule has 0 saturated carbocycles. The molecule has 0 aromatic rings. The van der Waals surface area contributed by atoms with Gasteiger partial charge in [0.15, 0.2) is 0 Å². The molecule has 0 rings (SSSR count). The number of carbonyl (C=O) groups excluding carboxylic acids is 2. The monoisotopic (exact) mass is 170 g/mol. The molecule has 3 heteroatoms. The van der Waals surface area contributed by atoms with Gasteiger partial charge in [0.1, 0.15) is 12.2 Å². The molecule has 0 saturated heterocycles. The molecule has 0 unspecified atom stereocenters. The van der Waals surface area contributed by atoms with Gasteiger partial charge in [-0.2, -0.15) is 0 Å². The molecule has 0 aliphatic rings. The van der Waals surface area contributed by atoms with E-state index in [9.17, 15) is 9.59 Å². The average Bonchev–Trinajstić information content (AvgIpc) is 2.01. The summed E-state index contributed by atoms with van der Waals surface area (Å²) < 4.78 is 4.40. The Morgan fingerprint density at radius 2 is 2.17 bits per heavy atom. The van der Waals surface area contributed by atoms with E-state index in [1.165, 1.54) is 0 Å². The van der Waals surface area contributed by atoms with Crippen LogP contribution in [0.4, 0.5) is 0 Å². The van der Waals surface area contributed by atoms with E-state index in [-0.39, 0.29) is 12.2 Å². The first-order chi connectivity index (χ1) is 5.70. The summed E-state index contributed by atoms with van der Waals surface area (Å²) in [6.45, 7) is 5.21. The highest BCUT2D eigenvalue weighted by Crippen LogP contribution is 1.99. The van der Waals surface area contributed by atoms with Crippen LogP contribution >= 0.6 is 0 Å². The number of hydrogen-bond donors (Lipinski definition) is 0. The summed E-state index contributed by atoms with van der Waals surface area (Å²) >= 11 is 0. The highest BCUT2D eigenvalue weighted by molar-refractivity contribution is 5.95. The average molecular weight is 170 g/mol. The predicted octanol–water partition coefficient (Wildman–Crippen LogP) is 1.82. The zero-order valence-electron chi connectivity index (χ0n) is 7.34. The molecule has 0 aliphatic carbocycles. The minimum absolute atomic E-state index is 0.0660. The van der Waals surface area contributed by atoms with Gasteiger partial charge in [-0.3, -0.25) is 9.59 Å². The highest BCUT2D eigenvalue weighted by Gasteiger charge is 2.08. The smallest absolute Gasteiger partial charge is 0.318 e. The van der Waals surface area contributed by atoms with Crippen molar-refractivity contribution in [2.45, 2.75) is 32.6 Å². The van der Waals surface area contributed by atoms with Gasteiger partial charge in [0.05, 0.1) is 6.26 Å². The van der Waals surface area contributed by atoms with Crippen molar-refractivity contribution in [2.75, 3.05) is 0 Å². The summed E-state index contributed by atoms with van der Waals surface area (Å²) in [5, 5.41) is 0. The normalized spacial score (nSPS) is 9.08. The van der Waals surface area contributed by atoms with Gasteiger partial charge in [-0.1, -0.05) is 19.9 Å². The van der Waals surface area contributed by atoms with Crippen LogP contribution in [-0.4, -0.2) is 11.8 Å². The minimum atomic E-state index is -0.522. The number of rotatable bonds is 6.